The minimum atomic E-state index is -1.22. The number of nitrogens with zero attached hydrogens (tertiary/aromatic N) is 8. The summed E-state index contributed by atoms with van der Waals surface area (Å²) in [4.78, 5) is 13.6. The fourth-order valence-electron chi connectivity index (χ4n) is 8.53. The number of aromatic nitrogens is 6. The van der Waals surface area contributed by atoms with Crippen LogP contribution in [0, 0.1) is 11.6 Å². The van der Waals surface area contributed by atoms with E-state index in [0.29, 0.717) is 83.2 Å². The highest BCUT2D eigenvalue weighted by Crippen LogP contribution is 2.41. The van der Waals surface area contributed by atoms with Crippen molar-refractivity contribution in [2.24, 2.45) is 0 Å². The van der Waals surface area contributed by atoms with Crippen LogP contribution >= 0.6 is 23.2 Å². The van der Waals surface area contributed by atoms with Gasteiger partial charge in [-0.3, -0.25) is 0 Å². The van der Waals surface area contributed by atoms with Crippen LogP contribution in [-0.2, 0) is 9.47 Å². The van der Waals surface area contributed by atoms with Gasteiger partial charge in [-0.2, -0.15) is 0 Å². The SMILES string of the molecule is COc1ccc([C@@H](O)c2cc(-c3cc(OC)nc4cc(N5CCOCC5)ccc34)c(F)cc2Cl)nn1.COc1ccc([C@H](O)c2cc(-c3cc(OC)nc4cc(N5CCOCC5)ccc34)c(F)cc2Cl)nn1. The van der Waals surface area contributed by atoms with Gasteiger partial charge in [0.25, 0.3) is 0 Å². The Bertz CT molecular complexity index is 3010. The van der Waals surface area contributed by atoms with Gasteiger partial charge >= 0.3 is 0 Å². The van der Waals surface area contributed by atoms with Gasteiger partial charge in [0.2, 0.25) is 23.5 Å². The van der Waals surface area contributed by atoms with E-state index in [1.165, 1.54) is 52.7 Å². The molecule has 0 amide bonds. The van der Waals surface area contributed by atoms with Crippen molar-refractivity contribution in [2.45, 2.75) is 12.2 Å². The molecule has 2 saturated heterocycles. The lowest BCUT2D eigenvalue weighted by Gasteiger charge is -2.29. The Kier molecular flexibility index (Phi) is 15.4. The molecule has 4 aromatic heterocycles. The van der Waals surface area contributed by atoms with Crippen molar-refractivity contribution >= 4 is 56.4 Å². The van der Waals surface area contributed by atoms with Gasteiger partial charge in [-0.15, -0.1) is 20.4 Å². The highest BCUT2D eigenvalue weighted by molar-refractivity contribution is 6.32. The number of methoxy groups -OCH3 is 4. The normalized spacial score (nSPS) is 14.6. The average molecular weight is 1020 g/mol. The lowest BCUT2D eigenvalue weighted by molar-refractivity contribution is 0.122. The molecular formula is C52H48Cl2F2N8O8. The number of aliphatic hydroxyl groups excluding tert-OH is 2. The van der Waals surface area contributed by atoms with Crippen molar-refractivity contribution in [3.63, 3.8) is 0 Å². The van der Waals surface area contributed by atoms with Crippen LogP contribution in [0.4, 0.5) is 20.2 Å². The molecule has 0 spiro atoms. The number of pyridine rings is 2. The van der Waals surface area contributed by atoms with Crippen molar-refractivity contribution in [3.8, 4) is 45.8 Å². The fourth-order valence-corrected chi connectivity index (χ4v) is 9.04. The Hall–Kier alpha value is -7.06. The number of morpholine rings is 2. The largest absolute Gasteiger partial charge is 0.481 e. The van der Waals surface area contributed by atoms with E-state index in [-0.39, 0.29) is 32.6 Å². The van der Waals surface area contributed by atoms with Gasteiger partial charge < -0.3 is 48.4 Å². The number of anilines is 2. The number of hydrogen-bond acceptors (Lipinski definition) is 16. The summed E-state index contributed by atoms with van der Waals surface area (Å²) in [6.07, 6.45) is -2.45. The Labute approximate surface area is 422 Å². The molecule has 0 radical (unpaired) electrons. The molecule has 6 heterocycles. The summed E-state index contributed by atoms with van der Waals surface area (Å²) in [5.74, 6) is 0.225. The Balaban J connectivity index is 0.000000178. The molecule has 0 saturated carbocycles. The van der Waals surface area contributed by atoms with E-state index in [0.717, 1.165) is 48.3 Å². The second-order valence-corrected chi connectivity index (χ2v) is 17.4. The van der Waals surface area contributed by atoms with Gasteiger partial charge in [-0.25, -0.2) is 18.7 Å². The number of hydrogen-bond donors (Lipinski definition) is 2. The van der Waals surface area contributed by atoms with Crippen molar-refractivity contribution in [1.29, 1.82) is 0 Å². The minimum Gasteiger partial charge on any atom is -0.481 e. The Morgan fingerprint density at radius 2 is 0.875 bits per heavy atom. The fraction of sp³-hybridized carbons (Fsp3) is 0.269. The third kappa shape index (κ3) is 10.6. The number of ether oxygens (including phenoxy) is 6. The van der Waals surface area contributed by atoms with Gasteiger partial charge in [-0.1, -0.05) is 35.3 Å². The molecule has 8 aromatic rings. The molecule has 0 unspecified atom stereocenters. The zero-order valence-corrected chi connectivity index (χ0v) is 41.0. The number of fused-ring (bicyclic) bond motifs is 2. The summed E-state index contributed by atoms with van der Waals surface area (Å²) in [6, 6.07) is 26.8. The van der Waals surface area contributed by atoms with Gasteiger partial charge in [0.1, 0.15) is 23.8 Å². The third-order valence-corrected chi connectivity index (χ3v) is 13.0. The topological polar surface area (TPSA) is 180 Å². The first kappa shape index (κ1) is 49.9. The molecule has 10 rings (SSSR count). The van der Waals surface area contributed by atoms with E-state index >= 15 is 8.78 Å². The Morgan fingerprint density at radius 1 is 0.486 bits per heavy atom. The number of rotatable bonds is 12. The summed E-state index contributed by atoms with van der Waals surface area (Å²) in [5.41, 5.74) is 6.04. The second kappa shape index (κ2) is 22.1. The summed E-state index contributed by atoms with van der Waals surface area (Å²) in [7, 11) is 5.97. The number of benzene rings is 4. The van der Waals surface area contributed by atoms with E-state index in [4.69, 9.17) is 51.6 Å². The van der Waals surface area contributed by atoms with Crippen LogP contribution in [0.25, 0.3) is 44.1 Å². The monoisotopic (exact) mass is 1020 g/mol. The van der Waals surface area contributed by atoms with Crippen LogP contribution in [0.3, 0.4) is 0 Å². The molecule has 16 nitrogen and oxygen atoms in total. The van der Waals surface area contributed by atoms with E-state index in [1.54, 1.807) is 36.4 Å². The third-order valence-electron chi connectivity index (χ3n) is 12.4. The molecule has 2 fully saturated rings. The van der Waals surface area contributed by atoms with Crippen LogP contribution in [0.2, 0.25) is 10.0 Å². The van der Waals surface area contributed by atoms with Crippen LogP contribution in [0.5, 0.6) is 23.5 Å². The standard InChI is InChI=1S/2C26H24ClFN4O4/c2*1-34-24-6-5-22(30-31-24)26(33)19-12-18(21(28)14-20(19)27)17-13-25(35-2)29-23-11-15(3-4-16(17)23)32-7-9-36-10-8-32/h2*3-6,11-14,26,33H,7-10H2,1-2H3/t2*26-/m10/s1. The molecule has 2 atom stereocenters. The number of halogens is 4. The zero-order chi connectivity index (χ0) is 50.5. The lowest BCUT2D eigenvalue weighted by Crippen LogP contribution is -2.36. The maximum Gasteiger partial charge on any atom is 0.233 e. The minimum absolute atomic E-state index is 0.0706. The molecule has 72 heavy (non-hydrogen) atoms. The van der Waals surface area contributed by atoms with Crippen LogP contribution in [0.1, 0.15) is 34.7 Å². The first-order valence-electron chi connectivity index (χ1n) is 22.7. The van der Waals surface area contributed by atoms with Gasteiger partial charge in [0.05, 0.1) is 77.3 Å². The van der Waals surface area contributed by atoms with E-state index in [1.807, 2.05) is 36.4 Å². The van der Waals surface area contributed by atoms with Gasteiger partial charge in [-0.05, 0) is 71.8 Å². The van der Waals surface area contributed by atoms with E-state index in [9.17, 15) is 10.2 Å². The van der Waals surface area contributed by atoms with Crippen LogP contribution in [0.15, 0.2) is 97.1 Å². The van der Waals surface area contributed by atoms with Crippen molar-refractivity contribution in [3.05, 3.63) is 141 Å². The molecule has 0 bridgehead atoms. The molecule has 2 aliphatic heterocycles. The maximum absolute atomic E-state index is 15.3. The molecule has 20 heteroatoms. The summed E-state index contributed by atoms with van der Waals surface area (Å²) < 4.78 is 62.5. The first-order chi connectivity index (χ1) is 35.0. The molecule has 2 aliphatic rings. The van der Waals surface area contributed by atoms with E-state index < -0.39 is 23.8 Å². The Morgan fingerprint density at radius 3 is 1.22 bits per heavy atom. The van der Waals surface area contributed by atoms with Gasteiger partial charge in [0, 0.05) is 105 Å². The van der Waals surface area contributed by atoms with Gasteiger partial charge in [0.15, 0.2) is 0 Å². The average Bonchev–Trinajstić information content (AvgIpc) is 3.42. The van der Waals surface area contributed by atoms with Crippen molar-refractivity contribution in [2.75, 3.05) is 90.8 Å². The van der Waals surface area contributed by atoms with Crippen LogP contribution in [-0.4, -0.2) is 122 Å². The highest BCUT2D eigenvalue weighted by atomic mass is 35.5. The van der Waals surface area contributed by atoms with Crippen molar-refractivity contribution in [1.82, 2.24) is 30.4 Å². The molecule has 4 aromatic carbocycles. The quantitative estimate of drug-likeness (QED) is 0.118. The first-order valence-corrected chi connectivity index (χ1v) is 23.4. The molecule has 0 aliphatic carbocycles. The second-order valence-electron chi connectivity index (χ2n) is 16.5. The lowest BCUT2D eigenvalue weighted by atomic mass is 9.96. The smallest absolute Gasteiger partial charge is 0.233 e. The highest BCUT2D eigenvalue weighted by Gasteiger charge is 2.24. The zero-order valence-electron chi connectivity index (χ0n) is 39.5. The molecule has 372 valence electrons. The summed E-state index contributed by atoms with van der Waals surface area (Å²) in [6.45, 7) is 5.77. The predicted molar refractivity (Wildman–Crippen MR) is 269 cm³/mol. The van der Waals surface area contributed by atoms with Crippen molar-refractivity contribution < 1.29 is 47.4 Å². The molecular weight excluding hydrogens is 974 g/mol. The maximum atomic E-state index is 15.3. The van der Waals surface area contributed by atoms with E-state index in [2.05, 4.69) is 40.2 Å². The summed E-state index contributed by atoms with van der Waals surface area (Å²) in [5, 5.41) is 39.4. The summed E-state index contributed by atoms with van der Waals surface area (Å²) >= 11 is 12.7. The molecule has 2 N–H and O–H groups in total. The van der Waals surface area contributed by atoms with Crippen LogP contribution < -0.4 is 28.7 Å². The number of aliphatic hydroxyl groups is 2. The predicted octanol–water partition coefficient (Wildman–Crippen LogP) is 8.84.